The zero-order valence-corrected chi connectivity index (χ0v) is 19.4. The van der Waals surface area contributed by atoms with Gasteiger partial charge in [-0.3, -0.25) is 4.79 Å². The van der Waals surface area contributed by atoms with Gasteiger partial charge in [0, 0.05) is 36.6 Å². The van der Waals surface area contributed by atoms with E-state index in [0.717, 1.165) is 35.7 Å². The zero-order chi connectivity index (χ0) is 23.6. The molecule has 4 nitrogen and oxygen atoms in total. The predicted octanol–water partition coefficient (Wildman–Crippen LogP) is 7.06. The van der Waals surface area contributed by atoms with Gasteiger partial charge in [0.15, 0.2) is 12.1 Å². The zero-order valence-electron chi connectivity index (χ0n) is 19.4. The van der Waals surface area contributed by atoms with Gasteiger partial charge in [0.1, 0.15) is 0 Å². The number of nitrogens with one attached hydrogen (secondary N) is 1. The van der Waals surface area contributed by atoms with Crippen LogP contribution in [-0.2, 0) is 15.9 Å². The van der Waals surface area contributed by atoms with E-state index in [9.17, 15) is 4.79 Å². The average molecular weight is 434 g/mol. The van der Waals surface area contributed by atoms with Crippen molar-refractivity contribution >= 4 is 17.2 Å². The normalized spacial score (nSPS) is 9.75. The number of para-hydroxylation sites is 1. The number of carbonyl (C=O) groups excluding carboxylic acids is 1. The smallest absolute Gasteiger partial charge is 0.167 e. The Morgan fingerprint density at radius 1 is 0.781 bits per heavy atom. The van der Waals surface area contributed by atoms with Crippen LogP contribution in [0.25, 0.3) is 0 Å². The van der Waals surface area contributed by atoms with Crippen LogP contribution in [0.4, 0.5) is 11.4 Å². The van der Waals surface area contributed by atoms with Crippen molar-refractivity contribution in [3.63, 3.8) is 0 Å². The van der Waals surface area contributed by atoms with E-state index in [2.05, 4.69) is 18.5 Å². The minimum absolute atomic E-state index is 0.0370. The van der Waals surface area contributed by atoms with Crippen molar-refractivity contribution < 1.29 is 14.3 Å². The SMILES string of the molecule is C=C.CCOC(C)OCC.O=C(Cc1ccccc1)c1ccc(Nc2ccccc2)cc1. The maximum atomic E-state index is 12.3. The number of Topliss-reactive ketones (excluding diaryl/α,β-unsaturated/α-hetero) is 1. The summed E-state index contributed by atoms with van der Waals surface area (Å²) in [6.45, 7) is 13.3. The summed E-state index contributed by atoms with van der Waals surface area (Å²) < 4.78 is 10.1. The Kier molecular flexibility index (Phi) is 13.8. The highest BCUT2D eigenvalue weighted by atomic mass is 16.7. The van der Waals surface area contributed by atoms with Crippen molar-refractivity contribution in [2.24, 2.45) is 0 Å². The van der Waals surface area contributed by atoms with Crippen LogP contribution in [0.3, 0.4) is 0 Å². The number of rotatable bonds is 9. The molecule has 3 aromatic carbocycles. The standard InChI is InChI=1S/C20H17NO.C6H14O2.C2H4/c22-20(15-16-7-3-1-4-8-16)17-11-13-19(14-12-17)21-18-9-5-2-6-10-18;1-4-7-6(3)8-5-2;1-2/h1-14,21H,15H2;6H,4-5H2,1-3H3;1-2H2. The number of hydrogen-bond acceptors (Lipinski definition) is 4. The molecule has 0 saturated heterocycles. The third-order valence-electron chi connectivity index (χ3n) is 4.28. The van der Waals surface area contributed by atoms with E-state index in [4.69, 9.17) is 9.47 Å². The van der Waals surface area contributed by atoms with E-state index < -0.39 is 0 Å². The average Bonchev–Trinajstić information content (AvgIpc) is 2.83. The Hall–Kier alpha value is -3.21. The third kappa shape index (κ3) is 10.7. The lowest BCUT2D eigenvalue weighted by atomic mass is 10.0. The van der Waals surface area contributed by atoms with Gasteiger partial charge >= 0.3 is 0 Å². The summed E-state index contributed by atoms with van der Waals surface area (Å²) in [6.07, 6.45) is 0.400. The summed E-state index contributed by atoms with van der Waals surface area (Å²) in [7, 11) is 0. The van der Waals surface area contributed by atoms with Crippen LogP contribution in [0, 0.1) is 0 Å². The number of benzene rings is 3. The van der Waals surface area contributed by atoms with Crippen LogP contribution < -0.4 is 5.32 Å². The van der Waals surface area contributed by atoms with Crippen molar-refractivity contribution in [2.45, 2.75) is 33.5 Å². The molecule has 3 rings (SSSR count). The lowest BCUT2D eigenvalue weighted by molar-refractivity contribution is -0.123. The first kappa shape index (κ1) is 26.8. The van der Waals surface area contributed by atoms with Gasteiger partial charge in [-0.1, -0.05) is 48.5 Å². The van der Waals surface area contributed by atoms with E-state index in [1.165, 1.54) is 0 Å². The Balaban J connectivity index is 0.000000436. The molecule has 0 amide bonds. The van der Waals surface area contributed by atoms with Gasteiger partial charge in [-0.05, 0) is 62.7 Å². The number of carbonyl (C=O) groups is 1. The quantitative estimate of drug-likeness (QED) is 0.223. The molecule has 0 aliphatic rings. The fourth-order valence-electron chi connectivity index (χ4n) is 2.83. The first-order valence-electron chi connectivity index (χ1n) is 10.8. The monoisotopic (exact) mass is 433 g/mol. The van der Waals surface area contributed by atoms with Gasteiger partial charge in [-0.2, -0.15) is 0 Å². The summed E-state index contributed by atoms with van der Waals surface area (Å²) in [6, 6.07) is 27.4. The van der Waals surface area contributed by atoms with E-state index in [1.54, 1.807) is 0 Å². The molecular weight excluding hydrogens is 398 g/mol. The maximum absolute atomic E-state index is 12.3. The second kappa shape index (κ2) is 16.5. The molecule has 0 unspecified atom stereocenters. The summed E-state index contributed by atoms with van der Waals surface area (Å²) in [4.78, 5) is 12.3. The first-order valence-corrected chi connectivity index (χ1v) is 10.8. The Labute approximate surface area is 192 Å². The second-order valence-electron chi connectivity index (χ2n) is 6.63. The molecule has 4 heteroatoms. The highest BCUT2D eigenvalue weighted by molar-refractivity contribution is 5.97. The molecule has 170 valence electrons. The van der Waals surface area contributed by atoms with E-state index in [1.807, 2.05) is 106 Å². The number of ketones is 1. The molecule has 0 aliphatic carbocycles. The summed E-state index contributed by atoms with van der Waals surface area (Å²) in [5, 5.41) is 3.31. The molecule has 0 bridgehead atoms. The lowest BCUT2D eigenvalue weighted by Crippen LogP contribution is -2.11. The highest BCUT2D eigenvalue weighted by Gasteiger charge is 2.06. The minimum Gasteiger partial charge on any atom is -0.356 e. The fourth-order valence-corrected chi connectivity index (χ4v) is 2.83. The van der Waals surface area contributed by atoms with E-state index >= 15 is 0 Å². The van der Waals surface area contributed by atoms with Crippen molar-refractivity contribution in [3.05, 3.63) is 109 Å². The van der Waals surface area contributed by atoms with Crippen molar-refractivity contribution in [1.82, 2.24) is 0 Å². The number of anilines is 2. The van der Waals surface area contributed by atoms with Gasteiger partial charge in [0.2, 0.25) is 0 Å². The molecule has 0 aromatic heterocycles. The van der Waals surface area contributed by atoms with Crippen LogP contribution in [0.2, 0.25) is 0 Å². The number of hydrogen-bond donors (Lipinski definition) is 1. The van der Waals surface area contributed by atoms with Gasteiger partial charge in [0.25, 0.3) is 0 Å². The van der Waals surface area contributed by atoms with E-state index in [-0.39, 0.29) is 12.1 Å². The molecule has 1 N–H and O–H groups in total. The fraction of sp³-hybridized carbons (Fsp3) is 0.250. The molecular formula is C28H35NO3. The molecule has 0 atom stereocenters. The van der Waals surface area contributed by atoms with Crippen LogP contribution in [0.15, 0.2) is 98.1 Å². The van der Waals surface area contributed by atoms with Crippen LogP contribution in [-0.4, -0.2) is 25.3 Å². The molecule has 32 heavy (non-hydrogen) atoms. The summed E-state index contributed by atoms with van der Waals surface area (Å²) >= 11 is 0. The second-order valence-corrected chi connectivity index (χ2v) is 6.63. The minimum atomic E-state index is -0.0370. The van der Waals surface area contributed by atoms with E-state index in [0.29, 0.717) is 6.42 Å². The highest BCUT2D eigenvalue weighted by Crippen LogP contribution is 2.17. The number of ether oxygens (including phenoxy) is 2. The summed E-state index contributed by atoms with van der Waals surface area (Å²) in [5.41, 5.74) is 3.79. The summed E-state index contributed by atoms with van der Waals surface area (Å²) in [5.74, 6) is 0.137. The molecule has 0 heterocycles. The van der Waals surface area contributed by atoms with Crippen LogP contribution >= 0.6 is 0 Å². The Bertz CT molecular complexity index is 858. The molecule has 3 aromatic rings. The van der Waals surface area contributed by atoms with Crippen molar-refractivity contribution in [2.75, 3.05) is 18.5 Å². The van der Waals surface area contributed by atoms with Gasteiger partial charge in [-0.15, -0.1) is 13.2 Å². The Morgan fingerprint density at radius 3 is 1.75 bits per heavy atom. The third-order valence-corrected chi connectivity index (χ3v) is 4.28. The van der Waals surface area contributed by atoms with Gasteiger partial charge in [0.05, 0.1) is 0 Å². The first-order chi connectivity index (χ1) is 15.6. The molecule has 0 saturated carbocycles. The van der Waals surface area contributed by atoms with Gasteiger partial charge in [-0.25, -0.2) is 0 Å². The molecule has 0 aliphatic heterocycles. The molecule has 0 radical (unpaired) electrons. The maximum Gasteiger partial charge on any atom is 0.167 e. The van der Waals surface area contributed by atoms with Crippen molar-refractivity contribution in [3.8, 4) is 0 Å². The largest absolute Gasteiger partial charge is 0.356 e. The topological polar surface area (TPSA) is 47.6 Å². The lowest BCUT2D eigenvalue weighted by Gasteiger charge is -2.09. The Morgan fingerprint density at radius 2 is 1.25 bits per heavy atom. The van der Waals surface area contributed by atoms with Crippen LogP contribution in [0.1, 0.15) is 36.7 Å². The van der Waals surface area contributed by atoms with Crippen molar-refractivity contribution in [1.29, 1.82) is 0 Å². The van der Waals surface area contributed by atoms with Crippen LogP contribution in [0.5, 0.6) is 0 Å². The van der Waals surface area contributed by atoms with Gasteiger partial charge < -0.3 is 14.8 Å². The molecule has 0 spiro atoms. The predicted molar refractivity (Wildman–Crippen MR) is 135 cm³/mol. The molecule has 0 fully saturated rings.